The van der Waals surface area contributed by atoms with Gasteiger partial charge >= 0.3 is 0 Å². The van der Waals surface area contributed by atoms with Crippen molar-refractivity contribution in [3.63, 3.8) is 0 Å². The van der Waals surface area contributed by atoms with E-state index in [1.54, 1.807) is 0 Å². The van der Waals surface area contributed by atoms with Gasteiger partial charge in [-0.1, -0.05) is 6.92 Å². The fourth-order valence-electron chi connectivity index (χ4n) is 2.55. The summed E-state index contributed by atoms with van der Waals surface area (Å²) in [5, 5.41) is 12.3. The number of aryl methyl sites for hydroxylation is 4. The van der Waals surface area contributed by atoms with Crippen LogP contribution in [-0.2, 0) is 26.4 Å². The summed E-state index contributed by atoms with van der Waals surface area (Å²) in [5.74, 6) is 0. The van der Waals surface area contributed by atoms with Crippen LogP contribution in [0.3, 0.4) is 0 Å². The van der Waals surface area contributed by atoms with E-state index in [0.29, 0.717) is 6.04 Å². The lowest BCUT2D eigenvalue weighted by Crippen LogP contribution is -2.20. The van der Waals surface area contributed by atoms with E-state index < -0.39 is 0 Å². The first kappa shape index (κ1) is 14.8. The topological polar surface area (TPSA) is 47.7 Å². The molecule has 20 heavy (non-hydrogen) atoms. The van der Waals surface area contributed by atoms with Crippen LogP contribution in [0.4, 0.5) is 0 Å². The molecule has 0 aliphatic carbocycles. The third-order valence-corrected chi connectivity index (χ3v) is 3.71. The molecule has 0 aliphatic rings. The van der Waals surface area contributed by atoms with Gasteiger partial charge in [-0.25, -0.2) is 0 Å². The Bertz CT molecular complexity index is 540. The molecular formula is C15H25N5. The summed E-state index contributed by atoms with van der Waals surface area (Å²) in [6.45, 7) is 5.21. The third kappa shape index (κ3) is 3.28. The molecule has 0 saturated carbocycles. The number of hydrogen-bond acceptors (Lipinski definition) is 3. The van der Waals surface area contributed by atoms with Gasteiger partial charge in [0.05, 0.1) is 17.6 Å². The average Bonchev–Trinajstić information content (AvgIpc) is 3.06. The van der Waals surface area contributed by atoms with Crippen molar-refractivity contribution < 1.29 is 0 Å². The van der Waals surface area contributed by atoms with Crippen molar-refractivity contribution in [2.45, 2.75) is 45.7 Å². The van der Waals surface area contributed by atoms with Gasteiger partial charge < -0.3 is 5.32 Å². The smallest absolute Gasteiger partial charge is 0.0625 e. The van der Waals surface area contributed by atoms with Crippen molar-refractivity contribution >= 4 is 0 Å². The van der Waals surface area contributed by atoms with Gasteiger partial charge in [0.1, 0.15) is 0 Å². The Kier molecular flexibility index (Phi) is 4.95. The first-order chi connectivity index (χ1) is 9.67. The van der Waals surface area contributed by atoms with Crippen molar-refractivity contribution in [2.75, 3.05) is 7.05 Å². The molecule has 1 N–H and O–H groups in total. The van der Waals surface area contributed by atoms with Crippen molar-refractivity contribution in [3.8, 4) is 0 Å². The molecule has 1 atom stereocenters. The lowest BCUT2D eigenvalue weighted by atomic mass is 10.0. The summed E-state index contributed by atoms with van der Waals surface area (Å²) >= 11 is 0. The Labute approximate surface area is 121 Å². The van der Waals surface area contributed by atoms with Gasteiger partial charge in [-0.15, -0.1) is 0 Å². The SMILES string of the molecule is CCc1cc(C(CCc2cnn(C)c2)NC)n(CC)n1. The second-order valence-corrected chi connectivity index (χ2v) is 5.13. The molecule has 0 fully saturated rings. The highest BCUT2D eigenvalue weighted by Gasteiger charge is 2.16. The minimum Gasteiger partial charge on any atom is -0.312 e. The van der Waals surface area contributed by atoms with Crippen LogP contribution in [0.1, 0.15) is 43.3 Å². The van der Waals surface area contributed by atoms with Gasteiger partial charge in [-0.05, 0) is 44.9 Å². The second kappa shape index (κ2) is 6.70. The summed E-state index contributed by atoms with van der Waals surface area (Å²) in [6.07, 6.45) is 7.09. The van der Waals surface area contributed by atoms with Crippen molar-refractivity contribution in [3.05, 3.63) is 35.4 Å². The highest BCUT2D eigenvalue weighted by atomic mass is 15.3. The van der Waals surface area contributed by atoms with Crippen LogP contribution in [0.25, 0.3) is 0 Å². The van der Waals surface area contributed by atoms with E-state index in [0.717, 1.165) is 25.8 Å². The summed E-state index contributed by atoms with van der Waals surface area (Å²) in [7, 11) is 3.98. The molecule has 110 valence electrons. The van der Waals surface area contributed by atoms with Gasteiger partial charge in [-0.3, -0.25) is 9.36 Å². The van der Waals surface area contributed by atoms with E-state index in [9.17, 15) is 0 Å². The number of nitrogens with zero attached hydrogens (tertiary/aromatic N) is 4. The normalized spacial score (nSPS) is 12.8. The monoisotopic (exact) mass is 275 g/mol. The van der Waals surface area contributed by atoms with E-state index in [1.807, 2.05) is 25.0 Å². The first-order valence-corrected chi connectivity index (χ1v) is 7.39. The van der Waals surface area contributed by atoms with Crippen molar-refractivity contribution in [1.82, 2.24) is 24.9 Å². The molecule has 0 radical (unpaired) electrons. The van der Waals surface area contributed by atoms with E-state index >= 15 is 0 Å². The average molecular weight is 275 g/mol. The molecule has 2 heterocycles. The maximum Gasteiger partial charge on any atom is 0.0625 e. The lowest BCUT2D eigenvalue weighted by molar-refractivity contribution is 0.488. The predicted molar refractivity (Wildman–Crippen MR) is 80.6 cm³/mol. The van der Waals surface area contributed by atoms with Gasteiger partial charge in [0, 0.05) is 25.8 Å². The molecule has 0 amide bonds. The van der Waals surface area contributed by atoms with Gasteiger partial charge in [-0.2, -0.15) is 10.2 Å². The molecule has 0 aromatic carbocycles. The molecular weight excluding hydrogens is 250 g/mol. The molecule has 2 aromatic rings. The Balaban J connectivity index is 2.09. The minimum atomic E-state index is 0.336. The minimum absolute atomic E-state index is 0.336. The number of hydrogen-bond donors (Lipinski definition) is 1. The van der Waals surface area contributed by atoms with E-state index in [-0.39, 0.29) is 0 Å². The lowest BCUT2D eigenvalue weighted by Gasteiger charge is -2.17. The van der Waals surface area contributed by atoms with Crippen LogP contribution in [0.15, 0.2) is 18.5 Å². The number of nitrogens with one attached hydrogen (secondary N) is 1. The summed E-state index contributed by atoms with van der Waals surface area (Å²) in [6, 6.07) is 2.57. The standard InChI is InChI=1S/C15H25N5/c1-5-13-9-15(20(6-2)18-13)14(16-3)8-7-12-10-17-19(4)11-12/h9-11,14,16H,5-8H2,1-4H3. The Morgan fingerprint density at radius 3 is 2.70 bits per heavy atom. The quantitative estimate of drug-likeness (QED) is 0.841. The van der Waals surface area contributed by atoms with Gasteiger partial charge in [0.2, 0.25) is 0 Å². The summed E-state index contributed by atoms with van der Waals surface area (Å²) in [4.78, 5) is 0. The molecule has 5 nitrogen and oxygen atoms in total. The van der Waals surface area contributed by atoms with Crippen LogP contribution < -0.4 is 5.32 Å². The van der Waals surface area contributed by atoms with Crippen LogP contribution in [0.5, 0.6) is 0 Å². The van der Waals surface area contributed by atoms with Crippen LogP contribution in [0.2, 0.25) is 0 Å². The summed E-state index contributed by atoms with van der Waals surface area (Å²) < 4.78 is 3.97. The molecule has 1 unspecified atom stereocenters. The highest BCUT2D eigenvalue weighted by Crippen LogP contribution is 2.20. The first-order valence-electron chi connectivity index (χ1n) is 7.39. The molecule has 0 aliphatic heterocycles. The van der Waals surface area contributed by atoms with E-state index in [4.69, 9.17) is 0 Å². The fourth-order valence-corrected chi connectivity index (χ4v) is 2.55. The summed E-state index contributed by atoms with van der Waals surface area (Å²) in [5.41, 5.74) is 3.74. The maximum atomic E-state index is 4.64. The van der Waals surface area contributed by atoms with Crippen LogP contribution in [0, 0.1) is 0 Å². The van der Waals surface area contributed by atoms with Crippen molar-refractivity contribution in [2.24, 2.45) is 7.05 Å². The van der Waals surface area contributed by atoms with Crippen LogP contribution >= 0.6 is 0 Å². The third-order valence-electron chi connectivity index (χ3n) is 3.71. The molecule has 0 bridgehead atoms. The number of rotatable bonds is 7. The van der Waals surface area contributed by atoms with E-state index in [1.165, 1.54) is 17.0 Å². The van der Waals surface area contributed by atoms with Gasteiger partial charge in [0.15, 0.2) is 0 Å². The highest BCUT2D eigenvalue weighted by molar-refractivity contribution is 5.15. The maximum absolute atomic E-state index is 4.64. The Morgan fingerprint density at radius 2 is 2.15 bits per heavy atom. The Morgan fingerprint density at radius 1 is 1.35 bits per heavy atom. The second-order valence-electron chi connectivity index (χ2n) is 5.13. The zero-order valence-electron chi connectivity index (χ0n) is 12.9. The number of aromatic nitrogens is 4. The molecule has 2 rings (SSSR count). The fraction of sp³-hybridized carbons (Fsp3) is 0.600. The van der Waals surface area contributed by atoms with Gasteiger partial charge in [0.25, 0.3) is 0 Å². The zero-order valence-corrected chi connectivity index (χ0v) is 12.9. The largest absolute Gasteiger partial charge is 0.312 e. The zero-order chi connectivity index (χ0) is 14.5. The molecule has 5 heteroatoms. The van der Waals surface area contributed by atoms with Crippen molar-refractivity contribution in [1.29, 1.82) is 0 Å². The Hall–Kier alpha value is -1.62. The predicted octanol–water partition coefficient (Wildman–Crippen LogP) is 2.09. The van der Waals surface area contributed by atoms with Crippen LogP contribution in [-0.4, -0.2) is 26.6 Å². The molecule has 2 aromatic heterocycles. The van der Waals surface area contributed by atoms with E-state index in [2.05, 4.69) is 46.3 Å². The molecule has 0 spiro atoms. The molecule has 0 saturated heterocycles.